The molecule has 7 heteroatoms. The summed E-state index contributed by atoms with van der Waals surface area (Å²) in [4.78, 5) is 26.1. The molecule has 150 valence electrons. The van der Waals surface area contributed by atoms with E-state index in [0.717, 1.165) is 28.9 Å². The van der Waals surface area contributed by atoms with Crippen LogP contribution >= 0.6 is 0 Å². The molecule has 0 bridgehead atoms. The molecular weight excluding hydrogens is 354 g/mol. The van der Waals surface area contributed by atoms with Crippen LogP contribution in [0.5, 0.6) is 0 Å². The van der Waals surface area contributed by atoms with Gasteiger partial charge in [-0.05, 0) is 37.5 Å². The number of aromatic nitrogens is 2. The number of anilines is 1. The molecule has 2 aromatic rings. The minimum atomic E-state index is -0.290. The average Bonchev–Trinajstić information content (AvgIpc) is 3.24. The van der Waals surface area contributed by atoms with Gasteiger partial charge in [-0.15, -0.1) is 0 Å². The van der Waals surface area contributed by atoms with E-state index in [-0.39, 0.29) is 17.4 Å². The summed E-state index contributed by atoms with van der Waals surface area (Å²) in [7, 11) is 1.76. The highest BCUT2D eigenvalue weighted by molar-refractivity contribution is 5.97. The summed E-state index contributed by atoms with van der Waals surface area (Å²) >= 11 is 0. The molecule has 0 saturated carbocycles. The second-order valence-electron chi connectivity index (χ2n) is 8.39. The van der Waals surface area contributed by atoms with Crippen LogP contribution in [0.2, 0.25) is 0 Å². The summed E-state index contributed by atoms with van der Waals surface area (Å²) in [6.45, 7) is 11.1. The molecule has 0 radical (unpaired) electrons. The highest BCUT2D eigenvalue weighted by atomic mass is 16.2. The number of aryl methyl sites for hydroxylation is 3. The fraction of sp³-hybridized carbons (Fsp3) is 0.476. The molecule has 1 saturated heterocycles. The zero-order valence-corrected chi connectivity index (χ0v) is 17.5. The van der Waals surface area contributed by atoms with Crippen molar-refractivity contribution < 1.29 is 9.59 Å². The maximum Gasteiger partial charge on any atom is 0.340 e. The lowest BCUT2D eigenvalue weighted by molar-refractivity contribution is 0.0393. The van der Waals surface area contributed by atoms with Crippen molar-refractivity contribution in [3.63, 3.8) is 0 Å². The summed E-state index contributed by atoms with van der Waals surface area (Å²) in [6.07, 6.45) is 0.746. The van der Waals surface area contributed by atoms with Crippen molar-refractivity contribution in [1.82, 2.24) is 19.8 Å². The fourth-order valence-electron chi connectivity index (χ4n) is 3.38. The van der Waals surface area contributed by atoms with Crippen molar-refractivity contribution in [1.29, 1.82) is 0 Å². The Bertz CT molecular complexity index is 890. The second-order valence-corrected chi connectivity index (χ2v) is 8.39. The molecule has 3 rings (SSSR count). The Kier molecular flexibility index (Phi) is 5.19. The molecule has 1 N–H and O–H groups in total. The average molecular weight is 383 g/mol. The van der Waals surface area contributed by atoms with Gasteiger partial charge in [0.15, 0.2) is 0 Å². The van der Waals surface area contributed by atoms with Gasteiger partial charge in [0.2, 0.25) is 0 Å². The number of nitrogens with one attached hydrogen (secondary N) is 1. The summed E-state index contributed by atoms with van der Waals surface area (Å²) in [5.74, 6) is -0.209. The number of hydrazine groups is 1. The minimum absolute atomic E-state index is 0.152. The summed E-state index contributed by atoms with van der Waals surface area (Å²) < 4.78 is 1.60. The number of para-hydroxylation sites is 1. The number of carbonyl (C=O) groups excluding carboxylic acids is 2. The van der Waals surface area contributed by atoms with E-state index in [1.165, 1.54) is 10.0 Å². The van der Waals surface area contributed by atoms with Crippen molar-refractivity contribution in [2.45, 2.75) is 46.5 Å². The van der Waals surface area contributed by atoms with Crippen molar-refractivity contribution in [3.05, 3.63) is 46.8 Å². The Hall–Kier alpha value is -2.83. The third kappa shape index (κ3) is 3.74. The summed E-state index contributed by atoms with van der Waals surface area (Å²) in [6, 6.07) is 7.41. The molecule has 0 aliphatic carbocycles. The lowest BCUT2D eigenvalue weighted by Gasteiger charge is -2.28. The molecule has 7 nitrogen and oxygen atoms in total. The number of hydrogen-bond acceptors (Lipinski definition) is 3. The van der Waals surface area contributed by atoms with E-state index in [9.17, 15) is 9.59 Å². The maximum atomic E-state index is 13.2. The number of benzene rings is 1. The molecule has 0 atom stereocenters. The van der Waals surface area contributed by atoms with E-state index < -0.39 is 0 Å². The SMILES string of the molecule is Cc1cccc(C)c1NC(=O)N1CCCN1C(=O)c1cc(C(C)(C)C)nn1C. The van der Waals surface area contributed by atoms with E-state index in [2.05, 4.69) is 31.2 Å². The van der Waals surface area contributed by atoms with Gasteiger partial charge >= 0.3 is 6.03 Å². The standard InChI is InChI=1S/C21H29N5O2/c1-14-9-7-10-15(2)18(14)22-20(28)26-12-8-11-25(26)19(27)16-13-17(21(3,4)5)23-24(16)6/h7,9-10,13H,8,11-12H2,1-6H3,(H,22,28). The van der Waals surface area contributed by atoms with Crippen LogP contribution < -0.4 is 5.32 Å². The van der Waals surface area contributed by atoms with Gasteiger partial charge in [-0.25, -0.2) is 14.8 Å². The fourth-order valence-corrected chi connectivity index (χ4v) is 3.38. The first-order chi connectivity index (χ1) is 13.1. The van der Waals surface area contributed by atoms with Gasteiger partial charge in [0.25, 0.3) is 5.91 Å². The molecule has 1 aliphatic heterocycles. The van der Waals surface area contributed by atoms with E-state index in [1.807, 2.05) is 38.1 Å². The van der Waals surface area contributed by atoms with Gasteiger partial charge in [-0.3, -0.25) is 9.48 Å². The van der Waals surface area contributed by atoms with Gasteiger partial charge in [-0.2, -0.15) is 5.10 Å². The maximum absolute atomic E-state index is 13.2. The van der Waals surface area contributed by atoms with Crippen LogP contribution in [0.1, 0.15) is 54.5 Å². The van der Waals surface area contributed by atoms with Gasteiger partial charge in [0.1, 0.15) is 5.69 Å². The van der Waals surface area contributed by atoms with E-state index in [1.54, 1.807) is 11.7 Å². The number of hydrogen-bond donors (Lipinski definition) is 1. The zero-order chi connectivity index (χ0) is 20.6. The van der Waals surface area contributed by atoms with Crippen LogP contribution in [0.4, 0.5) is 10.5 Å². The topological polar surface area (TPSA) is 70.5 Å². The smallest absolute Gasteiger partial charge is 0.306 e. The van der Waals surface area contributed by atoms with Crippen molar-refractivity contribution in [3.8, 4) is 0 Å². The summed E-state index contributed by atoms with van der Waals surface area (Å²) in [5, 5.41) is 10.5. The van der Waals surface area contributed by atoms with Gasteiger partial charge in [0, 0.05) is 31.2 Å². The molecule has 0 unspecified atom stereocenters. The molecule has 2 heterocycles. The van der Waals surface area contributed by atoms with Crippen molar-refractivity contribution in [2.24, 2.45) is 7.05 Å². The third-order valence-electron chi connectivity index (χ3n) is 5.08. The predicted octanol–water partition coefficient (Wildman–Crippen LogP) is 3.63. The van der Waals surface area contributed by atoms with Gasteiger partial charge < -0.3 is 5.32 Å². The van der Waals surface area contributed by atoms with Crippen LogP contribution in [0.3, 0.4) is 0 Å². The lowest BCUT2D eigenvalue weighted by atomic mass is 9.92. The normalized spacial score (nSPS) is 14.5. The Labute approximate surface area is 166 Å². The second kappa shape index (κ2) is 7.30. The lowest BCUT2D eigenvalue weighted by Crippen LogP contribution is -2.47. The van der Waals surface area contributed by atoms with Crippen molar-refractivity contribution >= 4 is 17.6 Å². The van der Waals surface area contributed by atoms with Gasteiger partial charge in [0.05, 0.1) is 5.69 Å². The highest BCUT2D eigenvalue weighted by Crippen LogP contribution is 2.24. The summed E-state index contributed by atoms with van der Waals surface area (Å²) in [5.41, 5.74) is 3.96. The first-order valence-electron chi connectivity index (χ1n) is 9.60. The number of amides is 3. The molecule has 3 amide bonds. The van der Waals surface area contributed by atoms with E-state index in [4.69, 9.17) is 0 Å². The number of nitrogens with zero attached hydrogens (tertiary/aromatic N) is 4. The molecule has 0 spiro atoms. The Balaban J connectivity index is 1.82. The number of rotatable bonds is 2. The quantitative estimate of drug-likeness (QED) is 0.861. The van der Waals surface area contributed by atoms with Crippen LogP contribution in [0.25, 0.3) is 0 Å². The number of carbonyl (C=O) groups is 2. The molecule has 1 aromatic heterocycles. The third-order valence-corrected chi connectivity index (χ3v) is 5.08. The van der Waals surface area contributed by atoms with Crippen LogP contribution in [0, 0.1) is 13.8 Å². The van der Waals surface area contributed by atoms with E-state index >= 15 is 0 Å². The largest absolute Gasteiger partial charge is 0.340 e. The Morgan fingerprint density at radius 2 is 1.68 bits per heavy atom. The van der Waals surface area contributed by atoms with Crippen molar-refractivity contribution in [2.75, 3.05) is 18.4 Å². The number of urea groups is 1. The van der Waals surface area contributed by atoms with Crippen LogP contribution in [-0.2, 0) is 12.5 Å². The molecule has 1 aliphatic rings. The Morgan fingerprint density at radius 1 is 1.07 bits per heavy atom. The molecule has 1 aromatic carbocycles. The molecule has 1 fully saturated rings. The predicted molar refractivity (Wildman–Crippen MR) is 109 cm³/mol. The zero-order valence-electron chi connectivity index (χ0n) is 17.5. The van der Waals surface area contributed by atoms with Crippen LogP contribution in [0.15, 0.2) is 24.3 Å². The highest BCUT2D eigenvalue weighted by Gasteiger charge is 2.34. The monoisotopic (exact) mass is 383 g/mol. The van der Waals surface area contributed by atoms with Crippen LogP contribution in [-0.4, -0.2) is 44.8 Å². The van der Waals surface area contributed by atoms with E-state index in [0.29, 0.717) is 18.8 Å². The molecular formula is C21H29N5O2. The first kappa shape index (κ1) is 19.9. The Morgan fingerprint density at radius 3 is 2.25 bits per heavy atom. The molecule has 28 heavy (non-hydrogen) atoms. The van der Waals surface area contributed by atoms with Gasteiger partial charge in [-0.1, -0.05) is 39.0 Å². The minimum Gasteiger partial charge on any atom is -0.306 e. The first-order valence-corrected chi connectivity index (χ1v) is 9.60.